The van der Waals surface area contributed by atoms with Crippen molar-refractivity contribution in [3.63, 3.8) is 0 Å². The van der Waals surface area contributed by atoms with Crippen LogP contribution in [-0.4, -0.2) is 83.5 Å². The number of aliphatic hydroxyl groups excluding tert-OH is 1. The Hall–Kier alpha value is -2.61. The standard InChI is InChI=1S/C24H34N4O4/c1-26-14-15-28(23(26)32)17-21(30)27-13-12-24(20(29)16-27,19-10-6-3-7-11-19)25-22(31)18-8-4-2-5-9-18/h3,6-7,10-11,18,20,29H,2,4-5,8-9,12-17H2,1H3,(H,25,31)/t20-,24+/m1/s1. The second-order valence-corrected chi connectivity index (χ2v) is 9.39. The van der Waals surface area contributed by atoms with E-state index in [0.717, 1.165) is 31.2 Å². The van der Waals surface area contributed by atoms with Crippen LogP contribution in [0.25, 0.3) is 0 Å². The number of carbonyl (C=O) groups is 3. The molecule has 2 aliphatic heterocycles. The Morgan fingerprint density at radius 1 is 1.09 bits per heavy atom. The Balaban J connectivity index is 1.48. The first-order chi connectivity index (χ1) is 15.4. The SMILES string of the molecule is CN1CCN(CC(=O)N2CC[C@](NC(=O)C3CCCCC3)(c3ccccc3)[C@H](O)C2)C1=O. The molecular formula is C24H34N4O4. The van der Waals surface area contributed by atoms with Gasteiger partial charge in [-0.3, -0.25) is 9.59 Å². The molecule has 1 aliphatic carbocycles. The number of amides is 4. The molecule has 0 radical (unpaired) electrons. The number of nitrogens with one attached hydrogen (secondary N) is 1. The highest BCUT2D eigenvalue weighted by atomic mass is 16.3. The highest BCUT2D eigenvalue weighted by molar-refractivity contribution is 5.85. The van der Waals surface area contributed by atoms with Gasteiger partial charge in [0.05, 0.1) is 11.6 Å². The molecule has 3 fully saturated rings. The molecule has 2 atom stereocenters. The van der Waals surface area contributed by atoms with Gasteiger partial charge in [0.25, 0.3) is 0 Å². The van der Waals surface area contributed by atoms with Gasteiger partial charge in [-0.1, -0.05) is 49.6 Å². The largest absolute Gasteiger partial charge is 0.388 e. The lowest BCUT2D eigenvalue weighted by molar-refractivity contribution is -0.140. The van der Waals surface area contributed by atoms with Crippen molar-refractivity contribution in [3.8, 4) is 0 Å². The predicted octanol–water partition coefficient (Wildman–Crippen LogP) is 1.54. The molecule has 174 valence electrons. The molecule has 1 aromatic rings. The van der Waals surface area contributed by atoms with Crippen LogP contribution in [0.15, 0.2) is 30.3 Å². The molecule has 2 N–H and O–H groups in total. The molecule has 3 aliphatic rings. The van der Waals surface area contributed by atoms with E-state index in [1.54, 1.807) is 21.7 Å². The fraction of sp³-hybridized carbons (Fsp3) is 0.625. The van der Waals surface area contributed by atoms with Gasteiger partial charge in [0, 0.05) is 39.1 Å². The Labute approximate surface area is 189 Å². The second-order valence-electron chi connectivity index (χ2n) is 9.39. The fourth-order valence-electron chi connectivity index (χ4n) is 5.25. The van der Waals surface area contributed by atoms with E-state index in [-0.39, 0.29) is 36.9 Å². The van der Waals surface area contributed by atoms with E-state index in [1.165, 1.54) is 6.42 Å². The topological polar surface area (TPSA) is 93.2 Å². The van der Waals surface area contributed by atoms with Crippen LogP contribution in [0.3, 0.4) is 0 Å². The minimum Gasteiger partial charge on any atom is -0.388 e. The van der Waals surface area contributed by atoms with Crippen molar-refractivity contribution in [1.29, 1.82) is 0 Å². The maximum absolute atomic E-state index is 13.2. The van der Waals surface area contributed by atoms with E-state index in [2.05, 4.69) is 5.32 Å². The van der Waals surface area contributed by atoms with Crippen molar-refractivity contribution in [2.24, 2.45) is 5.92 Å². The van der Waals surface area contributed by atoms with Crippen molar-refractivity contribution in [3.05, 3.63) is 35.9 Å². The Morgan fingerprint density at radius 3 is 2.44 bits per heavy atom. The summed E-state index contributed by atoms with van der Waals surface area (Å²) in [5.41, 5.74) is -0.0592. The summed E-state index contributed by atoms with van der Waals surface area (Å²) in [5.74, 6) is -0.194. The number of aliphatic hydroxyl groups is 1. The number of likely N-dealkylation sites (N-methyl/N-ethyl adjacent to an activating group) is 1. The van der Waals surface area contributed by atoms with E-state index in [9.17, 15) is 19.5 Å². The van der Waals surface area contributed by atoms with Crippen LogP contribution in [0, 0.1) is 5.92 Å². The van der Waals surface area contributed by atoms with Crippen LogP contribution >= 0.6 is 0 Å². The number of nitrogens with zero attached hydrogens (tertiary/aromatic N) is 3. The predicted molar refractivity (Wildman–Crippen MR) is 120 cm³/mol. The summed E-state index contributed by atoms with van der Waals surface area (Å²) < 4.78 is 0. The molecule has 8 heteroatoms. The van der Waals surface area contributed by atoms with E-state index in [1.807, 2.05) is 30.3 Å². The van der Waals surface area contributed by atoms with Crippen molar-refractivity contribution >= 4 is 17.8 Å². The monoisotopic (exact) mass is 442 g/mol. The number of rotatable bonds is 5. The van der Waals surface area contributed by atoms with Gasteiger partial charge in [0.2, 0.25) is 11.8 Å². The lowest BCUT2D eigenvalue weighted by atomic mass is 9.77. The van der Waals surface area contributed by atoms with Crippen LogP contribution in [0.1, 0.15) is 44.1 Å². The summed E-state index contributed by atoms with van der Waals surface area (Å²) in [5, 5.41) is 14.5. The molecule has 4 amide bonds. The molecule has 1 saturated carbocycles. The van der Waals surface area contributed by atoms with Crippen LogP contribution in [0.2, 0.25) is 0 Å². The zero-order valence-electron chi connectivity index (χ0n) is 18.8. The first-order valence-electron chi connectivity index (χ1n) is 11.7. The number of β-amino-alcohol motifs (C(OH)–C–C–N with tert-alkyl or cyclic N) is 1. The quantitative estimate of drug-likeness (QED) is 0.724. The zero-order chi connectivity index (χ0) is 22.7. The van der Waals surface area contributed by atoms with Crippen LogP contribution in [0.4, 0.5) is 4.79 Å². The van der Waals surface area contributed by atoms with Crippen LogP contribution in [-0.2, 0) is 15.1 Å². The van der Waals surface area contributed by atoms with Gasteiger partial charge in [0.1, 0.15) is 6.54 Å². The molecular weight excluding hydrogens is 408 g/mol. The average Bonchev–Trinajstić information content (AvgIpc) is 3.13. The van der Waals surface area contributed by atoms with Crippen molar-refractivity contribution in [2.45, 2.75) is 50.2 Å². The van der Waals surface area contributed by atoms with E-state index >= 15 is 0 Å². The van der Waals surface area contributed by atoms with Gasteiger partial charge in [-0.05, 0) is 24.8 Å². The lowest BCUT2D eigenvalue weighted by Crippen LogP contribution is -2.64. The molecule has 2 heterocycles. The van der Waals surface area contributed by atoms with Gasteiger partial charge < -0.3 is 25.1 Å². The third kappa shape index (κ3) is 4.46. The molecule has 0 bridgehead atoms. The number of likely N-dealkylation sites (tertiary alicyclic amines) is 1. The third-order valence-corrected chi connectivity index (χ3v) is 7.33. The number of hydrogen-bond acceptors (Lipinski definition) is 4. The zero-order valence-corrected chi connectivity index (χ0v) is 18.8. The molecule has 32 heavy (non-hydrogen) atoms. The fourth-order valence-corrected chi connectivity index (χ4v) is 5.25. The van der Waals surface area contributed by atoms with E-state index < -0.39 is 11.6 Å². The minimum atomic E-state index is -0.938. The third-order valence-electron chi connectivity index (χ3n) is 7.33. The molecule has 1 aromatic carbocycles. The Morgan fingerprint density at radius 2 is 1.81 bits per heavy atom. The van der Waals surface area contributed by atoms with Crippen LogP contribution < -0.4 is 5.32 Å². The van der Waals surface area contributed by atoms with Crippen molar-refractivity contribution < 1.29 is 19.5 Å². The minimum absolute atomic E-state index is 0.00178. The van der Waals surface area contributed by atoms with Gasteiger partial charge >= 0.3 is 6.03 Å². The number of urea groups is 1. The second kappa shape index (κ2) is 9.48. The summed E-state index contributed by atoms with van der Waals surface area (Å²) in [6.07, 6.45) is 4.55. The molecule has 8 nitrogen and oxygen atoms in total. The Kier molecular flexibility index (Phi) is 6.69. The molecule has 0 aromatic heterocycles. The number of hydrogen-bond donors (Lipinski definition) is 2. The normalized spacial score (nSPS) is 27.0. The van der Waals surface area contributed by atoms with Crippen molar-refractivity contribution in [2.75, 3.05) is 39.8 Å². The first-order valence-corrected chi connectivity index (χ1v) is 11.7. The van der Waals surface area contributed by atoms with Crippen LogP contribution in [0.5, 0.6) is 0 Å². The summed E-state index contributed by atoms with van der Waals surface area (Å²) in [6, 6.07) is 9.44. The highest BCUT2D eigenvalue weighted by Gasteiger charge is 2.47. The molecule has 2 saturated heterocycles. The Bertz CT molecular complexity index is 842. The smallest absolute Gasteiger partial charge is 0.320 e. The maximum Gasteiger partial charge on any atom is 0.320 e. The summed E-state index contributed by atoms with van der Waals surface area (Å²) in [7, 11) is 1.72. The number of piperidine rings is 1. The molecule has 0 spiro atoms. The summed E-state index contributed by atoms with van der Waals surface area (Å²) in [6.45, 7) is 1.69. The first kappa shape index (κ1) is 22.6. The maximum atomic E-state index is 13.2. The number of carbonyl (C=O) groups excluding carboxylic acids is 3. The van der Waals surface area contributed by atoms with E-state index in [4.69, 9.17) is 0 Å². The van der Waals surface area contributed by atoms with Gasteiger partial charge in [-0.2, -0.15) is 0 Å². The van der Waals surface area contributed by atoms with Gasteiger partial charge in [-0.15, -0.1) is 0 Å². The van der Waals surface area contributed by atoms with E-state index in [0.29, 0.717) is 26.1 Å². The van der Waals surface area contributed by atoms with Gasteiger partial charge in [-0.25, -0.2) is 4.79 Å². The van der Waals surface area contributed by atoms with Crippen molar-refractivity contribution in [1.82, 2.24) is 20.0 Å². The summed E-state index contributed by atoms with van der Waals surface area (Å²) >= 11 is 0. The lowest BCUT2D eigenvalue weighted by Gasteiger charge is -2.47. The van der Waals surface area contributed by atoms with Gasteiger partial charge in [0.15, 0.2) is 0 Å². The molecule has 4 rings (SSSR count). The molecule has 0 unspecified atom stereocenters. The average molecular weight is 443 g/mol. The highest BCUT2D eigenvalue weighted by Crippen LogP contribution is 2.35. The summed E-state index contributed by atoms with van der Waals surface area (Å²) in [4.78, 5) is 42.9. The number of benzene rings is 1.